The van der Waals surface area contributed by atoms with Crippen molar-refractivity contribution in [1.82, 2.24) is 9.97 Å². The maximum Gasteiger partial charge on any atom is 0.224 e. The third kappa shape index (κ3) is 4.56. The molecule has 0 aromatic carbocycles. The van der Waals surface area contributed by atoms with Crippen LogP contribution in [-0.4, -0.2) is 49.0 Å². The highest BCUT2D eigenvalue weighted by molar-refractivity contribution is 7.91. The van der Waals surface area contributed by atoms with Gasteiger partial charge in [0, 0.05) is 25.3 Å². The van der Waals surface area contributed by atoms with Crippen LogP contribution in [0.4, 0.5) is 11.8 Å². The average Bonchev–Trinajstić information content (AvgIpc) is 2.78. The van der Waals surface area contributed by atoms with Crippen LogP contribution in [0, 0.1) is 0 Å². The summed E-state index contributed by atoms with van der Waals surface area (Å²) in [5, 5.41) is 3.15. The van der Waals surface area contributed by atoms with E-state index in [4.69, 9.17) is 0 Å². The molecule has 0 spiro atoms. The van der Waals surface area contributed by atoms with Crippen LogP contribution < -0.4 is 10.2 Å². The van der Waals surface area contributed by atoms with E-state index in [0.29, 0.717) is 12.4 Å². The third-order valence-electron chi connectivity index (χ3n) is 3.52. The SMILES string of the molecule is CCCN(CCC)c1ccnc(NC2CCS(=O)(=O)C2)n1. The molecule has 2 heterocycles. The lowest BCUT2D eigenvalue weighted by Gasteiger charge is -2.23. The lowest BCUT2D eigenvalue weighted by Crippen LogP contribution is -2.27. The van der Waals surface area contributed by atoms with Crippen molar-refractivity contribution < 1.29 is 8.42 Å². The van der Waals surface area contributed by atoms with Crippen molar-refractivity contribution >= 4 is 21.6 Å². The Morgan fingerprint density at radius 1 is 1.33 bits per heavy atom. The highest BCUT2D eigenvalue weighted by Gasteiger charge is 2.28. The Bertz CT molecular complexity index is 556. The molecular weight excluding hydrogens is 288 g/mol. The quantitative estimate of drug-likeness (QED) is 0.826. The molecule has 0 saturated carbocycles. The van der Waals surface area contributed by atoms with Crippen LogP contribution in [-0.2, 0) is 9.84 Å². The van der Waals surface area contributed by atoms with E-state index in [1.807, 2.05) is 6.07 Å². The van der Waals surface area contributed by atoms with Crippen LogP contribution in [0.1, 0.15) is 33.1 Å². The molecule has 1 aromatic rings. The van der Waals surface area contributed by atoms with Gasteiger partial charge in [-0.05, 0) is 25.3 Å². The van der Waals surface area contributed by atoms with Gasteiger partial charge in [0.1, 0.15) is 5.82 Å². The lowest BCUT2D eigenvalue weighted by atomic mass is 10.3. The number of rotatable bonds is 7. The number of sulfone groups is 1. The lowest BCUT2D eigenvalue weighted by molar-refractivity contribution is 0.602. The van der Waals surface area contributed by atoms with Crippen LogP contribution >= 0.6 is 0 Å². The Hall–Kier alpha value is -1.37. The van der Waals surface area contributed by atoms with Crippen molar-refractivity contribution in [3.05, 3.63) is 12.3 Å². The number of hydrogen-bond acceptors (Lipinski definition) is 6. The van der Waals surface area contributed by atoms with Gasteiger partial charge in [-0.15, -0.1) is 0 Å². The van der Waals surface area contributed by atoms with Gasteiger partial charge in [-0.25, -0.2) is 13.4 Å². The molecule has 1 aliphatic rings. The van der Waals surface area contributed by atoms with Gasteiger partial charge in [0.05, 0.1) is 11.5 Å². The summed E-state index contributed by atoms with van der Waals surface area (Å²) in [4.78, 5) is 11.0. The normalized spacial score (nSPS) is 20.4. The van der Waals surface area contributed by atoms with Gasteiger partial charge in [-0.1, -0.05) is 13.8 Å². The van der Waals surface area contributed by atoms with E-state index in [1.165, 1.54) is 0 Å². The summed E-state index contributed by atoms with van der Waals surface area (Å²) in [5.74, 6) is 1.85. The van der Waals surface area contributed by atoms with Gasteiger partial charge in [0.25, 0.3) is 0 Å². The molecule has 2 rings (SSSR count). The Kier molecular flexibility index (Phi) is 5.39. The summed E-state index contributed by atoms with van der Waals surface area (Å²) in [6.45, 7) is 6.21. The Morgan fingerprint density at radius 2 is 2.05 bits per heavy atom. The molecule has 1 saturated heterocycles. The first-order valence-corrected chi connectivity index (χ1v) is 9.41. The maximum absolute atomic E-state index is 11.5. The van der Waals surface area contributed by atoms with E-state index in [0.717, 1.165) is 31.7 Å². The molecule has 0 radical (unpaired) electrons. The fourth-order valence-corrected chi connectivity index (χ4v) is 4.24. The Balaban J connectivity index is 2.06. The van der Waals surface area contributed by atoms with E-state index in [-0.39, 0.29) is 17.5 Å². The highest BCUT2D eigenvalue weighted by Crippen LogP contribution is 2.17. The van der Waals surface area contributed by atoms with E-state index in [1.54, 1.807) is 6.20 Å². The largest absolute Gasteiger partial charge is 0.356 e. The predicted octanol–water partition coefficient (Wildman–Crippen LogP) is 1.70. The van der Waals surface area contributed by atoms with Crippen molar-refractivity contribution in [3.8, 4) is 0 Å². The van der Waals surface area contributed by atoms with Gasteiger partial charge >= 0.3 is 0 Å². The Labute approximate surface area is 126 Å². The molecule has 1 N–H and O–H groups in total. The Morgan fingerprint density at radius 3 is 2.62 bits per heavy atom. The molecule has 0 aliphatic carbocycles. The molecule has 1 fully saturated rings. The number of nitrogens with one attached hydrogen (secondary N) is 1. The molecule has 1 unspecified atom stereocenters. The molecule has 118 valence electrons. The first kappa shape index (κ1) is 16.0. The summed E-state index contributed by atoms with van der Waals surface area (Å²) in [5.41, 5.74) is 0. The van der Waals surface area contributed by atoms with Gasteiger partial charge in [0.15, 0.2) is 9.84 Å². The van der Waals surface area contributed by atoms with E-state index >= 15 is 0 Å². The second-order valence-corrected chi connectivity index (χ2v) is 7.70. The minimum atomic E-state index is -2.89. The molecule has 0 amide bonds. The number of nitrogens with zero attached hydrogens (tertiary/aromatic N) is 3. The molecule has 1 atom stereocenters. The number of hydrogen-bond donors (Lipinski definition) is 1. The van der Waals surface area contributed by atoms with Crippen LogP contribution in [0.25, 0.3) is 0 Å². The molecule has 1 aliphatic heterocycles. The predicted molar refractivity (Wildman–Crippen MR) is 85.5 cm³/mol. The van der Waals surface area contributed by atoms with Crippen LogP contribution in [0.15, 0.2) is 12.3 Å². The van der Waals surface area contributed by atoms with Crippen LogP contribution in [0.5, 0.6) is 0 Å². The van der Waals surface area contributed by atoms with Gasteiger partial charge in [-0.2, -0.15) is 4.98 Å². The number of anilines is 2. The minimum Gasteiger partial charge on any atom is -0.356 e. The second kappa shape index (κ2) is 7.06. The van der Waals surface area contributed by atoms with Crippen molar-refractivity contribution in [2.24, 2.45) is 0 Å². The minimum absolute atomic E-state index is 0.0731. The monoisotopic (exact) mass is 312 g/mol. The molecular formula is C14H24N4O2S. The van der Waals surface area contributed by atoms with E-state index in [2.05, 4.69) is 34.0 Å². The molecule has 21 heavy (non-hydrogen) atoms. The second-order valence-electron chi connectivity index (χ2n) is 5.47. The van der Waals surface area contributed by atoms with Crippen molar-refractivity contribution in [2.75, 3.05) is 34.8 Å². The number of aromatic nitrogens is 2. The first-order chi connectivity index (χ1) is 10.0. The average molecular weight is 312 g/mol. The van der Waals surface area contributed by atoms with Gasteiger partial charge in [-0.3, -0.25) is 0 Å². The molecule has 7 heteroatoms. The fraction of sp³-hybridized carbons (Fsp3) is 0.714. The molecule has 6 nitrogen and oxygen atoms in total. The van der Waals surface area contributed by atoms with Crippen LogP contribution in [0.3, 0.4) is 0 Å². The third-order valence-corrected chi connectivity index (χ3v) is 5.29. The van der Waals surface area contributed by atoms with Crippen molar-refractivity contribution in [1.29, 1.82) is 0 Å². The standard InChI is InChI=1S/C14H24N4O2S/c1-3-8-18(9-4-2)13-5-7-15-14(17-13)16-12-6-10-21(19,20)11-12/h5,7,12H,3-4,6,8-11H2,1-2H3,(H,15,16,17). The highest BCUT2D eigenvalue weighted by atomic mass is 32.2. The van der Waals surface area contributed by atoms with E-state index < -0.39 is 9.84 Å². The zero-order valence-corrected chi connectivity index (χ0v) is 13.6. The molecule has 1 aromatic heterocycles. The zero-order valence-electron chi connectivity index (χ0n) is 12.7. The zero-order chi connectivity index (χ0) is 15.3. The topological polar surface area (TPSA) is 75.2 Å². The fourth-order valence-electron chi connectivity index (χ4n) is 2.57. The van der Waals surface area contributed by atoms with E-state index in [9.17, 15) is 8.42 Å². The van der Waals surface area contributed by atoms with Crippen molar-refractivity contribution in [3.63, 3.8) is 0 Å². The smallest absolute Gasteiger partial charge is 0.224 e. The summed E-state index contributed by atoms with van der Waals surface area (Å²) >= 11 is 0. The summed E-state index contributed by atoms with van der Waals surface area (Å²) in [6, 6.07) is 1.83. The van der Waals surface area contributed by atoms with Gasteiger partial charge < -0.3 is 10.2 Å². The summed E-state index contributed by atoms with van der Waals surface area (Å²) in [6.07, 6.45) is 4.48. The van der Waals surface area contributed by atoms with Crippen LogP contribution in [0.2, 0.25) is 0 Å². The molecule has 0 bridgehead atoms. The van der Waals surface area contributed by atoms with Crippen molar-refractivity contribution in [2.45, 2.75) is 39.2 Å². The summed E-state index contributed by atoms with van der Waals surface area (Å²) in [7, 11) is -2.89. The first-order valence-electron chi connectivity index (χ1n) is 7.59. The summed E-state index contributed by atoms with van der Waals surface area (Å²) < 4.78 is 23.0. The van der Waals surface area contributed by atoms with Gasteiger partial charge in [0.2, 0.25) is 5.95 Å². The maximum atomic E-state index is 11.5.